The Morgan fingerprint density at radius 2 is 2.03 bits per heavy atom. The Morgan fingerprint density at radius 1 is 1.33 bits per heavy atom. The van der Waals surface area contributed by atoms with E-state index in [9.17, 15) is 10.1 Å². The van der Waals surface area contributed by atoms with Crippen molar-refractivity contribution in [3.05, 3.63) is 57.8 Å². The molecule has 2 heterocycles. The van der Waals surface area contributed by atoms with Crippen molar-refractivity contribution in [2.24, 2.45) is 5.73 Å². The lowest BCUT2D eigenvalue weighted by atomic mass is 9.83. The first-order valence-corrected chi connectivity index (χ1v) is 9.59. The fraction of sp³-hybridized carbons (Fsp3) is 0.318. The van der Waals surface area contributed by atoms with Crippen molar-refractivity contribution in [1.82, 2.24) is 4.98 Å². The number of benzene rings is 1. The zero-order valence-corrected chi connectivity index (χ0v) is 18.1. The molecule has 7 nitrogen and oxygen atoms in total. The lowest BCUT2D eigenvalue weighted by Crippen LogP contribution is -2.30. The Balaban J connectivity index is 2.24. The number of methoxy groups -OCH3 is 1. The lowest BCUT2D eigenvalue weighted by Gasteiger charge is -2.29. The van der Waals surface area contributed by atoms with Crippen LogP contribution < -0.4 is 10.5 Å². The van der Waals surface area contributed by atoms with E-state index < -0.39 is 17.5 Å². The van der Waals surface area contributed by atoms with E-state index in [1.54, 1.807) is 59.1 Å². The molecule has 0 unspecified atom stereocenters. The molecule has 1 aliphatic heterocycles. The highest BCUT2D eigenvalue weighted by Crippen LogP contribution is 2.43. The number of halogens is 1. The Kier molecular flexibility index (Phi) is 5.64. The lowest BCUT2D eigenvalue weighted by molar-refractivity contribution is -0.150. The highest BCUT2D eigenvalue weighted by atomic mass is 35.5. The number of carbonyl (C=O) groups excluding carboxylic acids is 1. The third-order valence-corrected chi connectivity index (χ3v) is 4.84. The van der Waals surface area contributed by atoms with Gasteiger partial charge in [0, 0.05) is 10.9 Å². The van der Waals surface area contributed by atoms with Gasteiger partial charge >= 0.3 is 5.97 Å². The Bertz CT molecular complexity index is 1140. The van der Waals surface area contributed by atoms with Crippen LogP contribution in [0.1, 0.15) is 39.2 Å². The average molecular weight is 428 g/mol. The number of nitrogens with two attached hydrogens (primary N) is 1. The molecule has 0 saturated carbocycles. The van der Waals surface area contributed by atoms with Crippen molar-refractivity contribution < 1.29 is 19.0 Å². The van der Waals surface area contributed by atoms with E-state index in [4.69, 9.17) is 31.5 Å². The number of allylic oxidation sites excluding steroid dienone is 2. The second-order valence-corrected chi connectivity index (χ2v) is 8.18. The topological polar surface area (TPSA) is 107 Å². The molecule has 2 N–H and O–H groups in total. The molecule has 0 aliphatic carbocycles. The monoisotopic (exact) mass is 427 g/mol. The van der Waals surface area contributed by atoms with Gasteiger partial charge in [0.1, 0.15) is 33.9 Å². The van der Waals surface area contributed by atoms with Crippen LogP contribution in [0, 0.1) is 11.3 Å². The number of hydrogen-bond donors (Lipinski definition) is 1. The number of carbonyl (C=O) groups is 1. The molecule has 0 bridgehead atoms. The highest BCUT2D eigenvalue weighted by molar-refractivity contribution is 6.30. The van der Waals surface area contributed by atoms with Gasteiger partial charge in [-0.25, -0.2) is 9.78 Å². The van der Waals surface area contributed by atoms with E-state index in [2.05, 4.69) is 4.98 Å². The summed E-state index contributed by atoms with van der Waals surface area (Å²) in [5.74, 6) is -0.706. The van der Waals surface area contributed by atoms with Crippen molar-refractivity contribution >= 4 is 28.5 Å². The number of nitrogens with zero attached hydrogens (tertiary/aromatic N) is 2. The third kappa shape index (κ3) is 4.05. The summed E-state index contributed by atoms with van der Waals surface area (Å²) in [6.45, 7) is 6.86. The molecule has 0 fully saturated rings. The first-order valence-electron chi connectivity index (χ1n) is 9.21. The van der Waals surface area contributed by atoms with Crippen LogP contribution in [0.3, 0.4) is 0 Å². The summed E-state index contributed by atoms with van der Waals surface area (Å²) in [6, 6.07) is 9.16. The first kappa shape index (κ1) is 21.5. The van der Waals surface area contributed by atoms with Crippen LogP contribution in [0.15, 0.2) is 47.1 Å². The first-order chi connectivity index (χ1) is 14.1. The molecule has 3 rings (SSSR count). The highest BCUT2D eigenvalue weighted by Gasteiger charge is 2.39. The maximum absolute atomic E-state index is 13.0. The standard InChI is InChI=1S/C22H22ClN3O4/c1-11-17(21(27)30-22(2,3)4)18(15(10-24)20(25)29-11)14-9-12-8-13(28-5)6-7-16(12)26-19(14)23/h6-9,18H,25H2,1-5H3/t18-/m0/s1. The van der Waals surface area contributed by atoms with Crippen molar-refractivity contribution in [3.8, 4) is 11.8 Å². The van der Waals surface area contributed by atoms with Gasteiger partial charge in [-0.05, 0) is 52.0 Å². The molecule has 2 aromatic rings. The van der Waals surface area contributed by atoms with Crippen LogP contribution in [0.25, 0.3) is 10.9 Å². The second-order valence-electron chi connectivity index (χ2n) is 7.82. The molecule has 1 aromatic heterocycles. The van der Waals surface area contributed by atoms with Gasteiger partial charge in [0.15, 0.2) is 0 Å². The van der Waals surface area contributed by atoms with Crippen LogP contribution in [-0.2, 0) is 14.3 Å². The molecular formula is C22H22ClN3O4. The van der Waals surface area contributed by atoms with Crippen LogP contribution >= 0.6 is 11.6 Å². The Morgan fingerprint density at radius 3 is 2.63 bits per heavy atom. The maximum atomic E-state index is 13.0. The van der Waals surface area contributed by atoms with Crippen LogP contribution in [0.4, 0.5) is 0 Å². The fourth-order valence-electron chi connectivity index (χ4n) is 3.27. The molecule has 0 amide bonds. The molecule has 1 aromatic carbocycles. The van der Waals surface area contributed by atoms with Gasteiger partial charge in [-0.15, -0.1) is 0 Å². The predicted octanol–water partition coefficient (Wildman–Crippen LogP) is 4.32. The normalized spacial score (nSPS) is 16.9. The molecule has 0 radical (unpaired) electrons. The van der Waals surface area contributed by atoms with Gasteiger partial charge in [-0.3, -0.25) is 0 Å². The van der Waals surface area contributed by atoms with Crippen LogP contribution in [0.2, 0.25) is 5.15 Å². The van der Waals surface area contributed by atoms with E-state index in [0.29, 0.717) is 16.8 Å². The van der Waals surface area contributed by atoms with E-state index in [0.717, 1.165) is 5.39 Å². The summed E-state index contributed by atoms with van der Waals surface area (Å²) < 4.78 is 16.3. The molecular weight excluding hydrogens is 406 g/mol. The minimum absolute atomic E-state index is 0.0624. The molecule has 30 heavy (non-hydrogen) atoms. The Labute approximate surface area is 179 Å². The van der Waals surface area contributed by atoms with E-state index in [-0.39, 0.29) is 27.9 Å². The summed E-state index contributed by atoms with van der Waals surface area (Å²) in [5.41, 5.74) is 6.53. The van der Waals surface area contributed by atoms with Crippen molar-refractivity contribution in [1.29, 1.82) is 5.26 Å². The molecule has 1 aliphatic rings. The number of rotatable bonds is 3. The summed E-state index contributed by atoms with van der Waals surface area (Å²) in [4.78, 5) is 17.5. The molecule has 0 saturated heterocycles. The number of nitriles is 1. The van der Waals surface area contributed by atoms with Gasteiger partial charge in [-0.1, -0.05) is 11.6 Å². The molecule has 156 valence electrons. The van der Waals surface area contributed by atoms with E-state index >= 15 is 0 Å². The van der Waals surface area contributed by atoms with Crippen LogP contribution in [-0.4, -0.2) is 23.7 Å². The molecule has 1 atom stereocenters. The van der Waals surface area contributed by atoms with E-state index in [1.165, 1.54) is 0 Å². The van der Waals surface area contributed by atoms with Crippen molar-refractivity contribution in [2.45, 2.75) is 39.2 Å². The molecule has 0 spiro atoms. The number of aromatic nitrogens is 1. The quantitative estimate of drug-likeness (QED) is 0.574. The van der Waals surface area contributed by atoms with Gasteiger partial charge < -0.3 is 19.9 Å². The SMILES string of the molecule is COc1ccc2nc(Cl)c([C@H]3C(C#N)=C(N)OC(C)=C3C(=O)OC(C)(C)C)cc2c1. The van der Waals surface area contributed by atoms with Gasteiger partial charge in [0.25, 0.3) is 0 Å². The smallest absolute Gasteiger partial charge is 0.338 e. The average Bonchev–Trinajstić information content (AvgIpc) is 2.65. The number of esters is 1. The number of ether oxygens (including phenoxy) is 3. The summed E-state index contributed by atoms with van der Waals surface area (Å²) in [5, 5.41) is 10.7. The minimum Gasteiger partial charge on any atom is -0.497 e. The summed E-state index contributed by atoms with van der Waals surface area (Å²) in [6.07, 6.45) is 0. The predicted molar refractivity (Wildman–Crippen MR) is 113 cm³/mol. The van der Waals surface area contributed by atoms with Crippen LogP contribution in [0.5, 0.6) is 5.75 Å². The molecule has 8 heteroatoms. The summed E-state index contributed by atoms with van der Waals surface area (Å²) in [7, 11) is 1.56. The van der Waals surface area contributed by atoms with Crippen molar-refractivity contribution in [3.63, 3.8) is 0 Å². The Hall–Kier alpha value is -3.24. The zero-order valence-electron chi connectivity index (χ0n) is 17.4. The summed E-state index contributed by atoms with van der Waals surface area (Å²) >= 11 is 6.50. The number of fused-ring (bicyclic) bond motifs is 1. The largest absolute Gasteiger partial charge is 0.497 e. The van der Waals surface area contributed by atoms with Gasteiger partial charge in [0.2, 0.25) is 5.88 Å². The fourth-order valence-corrected chi connectivity index (χ4v) is 3.52. The minimum atomic E-state index is -0.880. The van der Waals surface area contributed by atoms with E-state index in [1.807, 2.05) is 6.07 Å². The van der Waals surface area contributed by atoms with Crippen molar-refractivity contribution in [2.75, 3.05) is 7.11 Å². The maximum Gasteiger partial charge on any atom is 0.338 e. The second kappa shape index (κ2) is 7.88. The third-order valence-electron chi connectivity index (χ3n) is 4.54. The zero-order chi connectivity index (χ0) is 22.2. The number of pyridine rings is 1. The van der Waals surface area contributed by atoms with Gasteiger partial charge in [0.05, 0.1) is 24.1 Å². The van der Waals surface area contributed by atoms with Gasteiger partial charge in [-0.2, -0.15) is 5.26 Å². The number of hydrogen-bond acceptors (Lipinski definition) is 7.